The second kappa shape index (κ2) is 6.32. The summed E-state index contributed by atoms with van der Waals surface area (Å²) in [6.07, 6.45) is 7.74. The quantitative estimate of drug-likeness (QED) is 0.759. The van der Waals surface area contributed by atoms with E-state index in [1.165, 1.54) is 6.07 Å². The Bertz CT molecular complexity index is 961. The van der Waals surface area contributed by atoms with Crippen molar-refractivity contribution in [1.29, 1.82) is 0 Å². The van der Waals surface area contributed by atoms with E-state index < -0.39 is 16.8 Å². The number of rotatable bonds is 4. The Kier molecular flexibility index (Phi) is 4.44. The van der Waals surface area contributed by atoms with Crippen LogP contribution in [-0.4, -0.2) is 25.4 Å². The molecule has 1 aromatic heterocycles. The van der Waals surface area contributed by atoms with E-state index >= 15 is 0 Å². The van der Waals surface area contributed by atoms with Gasteiger partial charge < -0.3 is 18.6 Å². The maximum Gasteiger partial charge on any atom is 0.336 e. The first kappa shape index (κ1) is 18.3. The number of ether oxygens (including phenoxy) is 3. The lowest BCUT2D eigenvalue weighted by molar-refractivity contribution is 0.0663. The Morgan fingerprint density at radius 1 is 1.19 bits per heavy atom. The van der Waals surface area contributed by atoms with Gasteiger partial charge in [0.05, 0.1) is 29.2 Å². The molecule has 0 radical (unpaired) electrons. The molecule has 0 aliphatic carbocycles. The summed E-state index contributed by atoms with van der Waals surface area (Å²) in [5.74, 6) is 1.24. The molecule has 26 heavy (non-hydrogen) atoms. The van der Waals surface area contributed by atoms with Crippen LogP contribution < -0.4 is 15.1 Å². The van der Waals surface area contributed by atoms with E-state index in [2.05, 4.69) is 0 Å². The first-order chi connectivity index (χ1) is 12.2. The summed E-state index contributed by atoms with van der Waals surface area (Å²) >= 11 is 0. The fourth-order valence-corrected chi connectivity index (χ4v) is 2.86. The molecule has 0 spiro atoms. The second-order valence-electron chi connectivity index (χ2n) is 7.37. The SMILES string of the molecule is COc1c2c(c3ccc(=O)oc3c1/C=C\C(C)(C)OC)OC(C)(C)C=C2. The van der Waals surface area contributed by atoms with Gasteiger partial charge >= 0.3 is 5.63 Å². The Hall–Kier alpha value is -2.53. The van der Waals surface area contributed by atoms with E-state index in [9.17, 15) is 4.79 Å². The standard InChI is InChI=1S/C21H24O5/c1-20(2,24-6)11-9-14-17(23-5)15-10-12-21(3,4)26-19(15)13-7-8-16(22)25-18(13)14/h7-12H,1-6H3/b11-9-. The Morgan fingerprint density at radius 2 is 1.92 bits per heavy atom. The van der Waals surface area contributed by atoms with Crippen molar-refractivity contribution >= 4 is 23.1 Å². The lowest BCUT2D eigenvalue weighted by Gasteiger charge is -2.30. The molecule has 1 aliphatic heterocycles. The van der Waals surface area contributed by atoms with Gasteiger partial charge in [-0.15, -0.1) is 0 Å². The van der Waals surface area contributed by atoms with Crippen LogP contribution in [0.1, 0.15) is 38.8 Å². The third-order valence-corrected chi connectivity index (χ3v) is 4.45. The largest absolute Gasteiger partial charge is 0.495 e. The van der Waals surface area contributed by atoms with E-state index in [0.29, 0.717) is 22.6 Å². The number of hydrogen-bond acceptors (Lipinski definition) is 5. The van der Waals surface area contributed by atoms with Gasteiger partial charge in [-0.2, -0.15) is 0 Å². The number of methoxy groups -OCH3 is 2. The first-order valence-electron chi connectivity index (χ1n) is 8.48. The van der Waals surface area contributed by atoms with Crippen LogP contribution in [0.15, 0.2) is 33.5 Å². The van der Waals surface area contributed by atoms with Crippen molar-refractivity contribution in [3.8, 4) is 11.5 Å². The van der Waals surface area contributed by atoms with Gasteiger partial charge in [-0.05, 0) is 52.0 Å². The average Bonchev–Trinajstić information content (AvgIpc) is 2.58. The molecule has 0 saturated heterocycles. The molecule has 5 heteroatoms. The van der Waals surface area contributed by atoms with E-state index in [1.807, 2.05) is 52.0 Å². The second-order valence-corrected chi connectivity index (χ2v) is 7.37. The molecule has 0 bridgehead atoms. The van der Waals surface area contributed by atoms with Crippen LogP contribution in [0.2, 0.25) is 0 Å². The van der Waals surface area contributed by atoms with Gasteiger partial charge in [0, 0.05) is 13.2 Å². The van der Waals surface area contributed by atoms with Crippen molar-refractivity contribution < 1.29 is 18.6 Å². The number of fused-ring (bicyclic) bond motifs is 3. The third kappa shape index (κ3) is 3.27. The molecular weight excluding hydrogens is 332 g/mol. The molecule has 5 nitrogen and oxygen atoms in total. The lowest BCUT2D eigenvalue weighted by Crippen LogP contribution is -2.28. The van der Waals surface area contributed by atoms with Crippen molar-refractivity contribution in [3.63, 3.8) is 0 Å². The molecule has 138 valence electrons. The first-order valence-corrected chi connectivity index (χ1v) is 8.48. The van der Waals surface area contributed by atoms with Gasteiger partial charge in [0.2, 0.25) is 0 Å². The highest BCUT2D eigenvalue weighted by atomic mass is 16.5. The van der Waals surface area contributed by atoms with E-state index in [1.54, 1.807) is 20.3 Å². The number of benzene rings is 1. The van der Waals surface area contributed by atoms with Gasteiger partial charge in [0.15, 0.2) is 5.58 Å². The van der Waals surface area contributed by atoms with Gasteiger partial charge in [0.1, 0.15) is 17.1 Å². The van der Waals surface area contributed by atoms with Crippen molar-refractivity contribution in [2.45, 2.75) is 38.9 Å². The Labute approximate surface area is 152 Å². The van der Waals surface area contributed by atoms with E-state index in [4.69, 9.17) is 18.6 Å². The van der Waals surface area contributed by atoms with Crippen molar-refractivity contribution in [2.75, 3.05) is 14.2 Å². The topological polar surface area (TPSA) is 57.9 Å². The molecule has 1 aliphatic rings. The predicted molar refractivity (Wildman–Crippen MR) is 103 cm³/mol. The van der Waals surface area contributed by atoms with Crippen LogP contribution >= 0.6 is 0 Å². The zero-order chi connectivity index (χ0) is 19.1. The van der Waals surface area contributed by atoms with E-state index in [0.717, 1.165) is 10.9 Å². The third-order valence-electron chi connectivity index (χ3n) is 4.45. The number of hydrogen-bond donors (Lipinski definition) is 0. The van der Waals surface area contributed by atoms with Crippen molar-refractivity contribution in [3.05, 3.63) is 45.8 Å². The zero-order valence-corrected chi connectivity index (χ0v) is 16.0. The molecule has 0 fully saturated rings. The minimum Gasteiger partial charge on any atom is -0.495 e. The summed E-state index contributed by atoms with van der Waals surface area (Å²) in [5.41, 5.74) is 0.570. The van der Waals surface area contributed by atoms with Gasteiger partial charge in [-0.1, -0.05) is 6.08 Å². The molecule has 0 atom stereocenters. The maximum absolute atomic E-state index is 11.9. The normalized spacial score (nSPS) is 15.9. The summed E-state index contributed by atoms with van der Waals surface area (Å²) in [7, 11) is 3.24. The summed E-state index contributed by atoms with van der Waals surface area (Å²) < 4.78 is 22.8. The predicted octanol–water partition coefficient (Wildman–Crippen LogP) is 4.42. The molecule has 2 aromatic rings. The van der Waals surface area contributed by atoms with Crippen LogP contribution in [0.25, 0.3) is 23.1 Å². The van der Waals surface area contributed by atoms with Gasteiger partial charge in [0.25, 0.3) is 0 Å². The Balaban J connectivity index is 2.37. The highest BCUT2D eigenvalue weighted by Gasteiger charge is 2.29. The Morgan fingerprint density at radius 3 is 2.58 bits per heavy atom. The molecule has 0 N–H and O–H groups in total. The van der Waals surface area contributed by atoms with Crippen LogP contribution in [0.5, 0.6) is 11.5 Å². The van der Waals surface area contributed by atoms with Crippen LogP contribution in [-0.2, 0) is 4.74 Å². The molecular formula is C21H24O5. The molecule has 0 amide bonds. The summed E-state index contributed by atoms with van der Waals surface area (Å²) in [6, 6.07) is 3.13. The minimum absolute atomic E-state index is 0.425. The molecule has 2 heterocycles. The van der Waals surface area contributed by atoms with Crippen molar-refractivity contribution in [1.82, 2.24) is 0 Å². The monoisotopic (exact) mass is 356 g/mol. The maximum atomic E-state index is 11.9. The average molecular weight is 356 g/mol. The van der Waals surface area contributed by atoms with Crippen LogP contribution in [0.4, 0.5) is 0 Å². The summed E-state index contributed by atoms with van der Waals surface area (Å²) in [6.45, 7) is 7.83. The van der Waals surface area contributed by atoms with Gasteiger partial charge in [-0.25, -0.2) is 4.79 Å². The summed E-state index contributed by atoms with van der Waals surface area (Å²) in [4.78, 5) is 11.9. The van der Waals surface area contributed by atoms with Crippen molar-refractivity contribution in [2.24, 2.45) is 0 Å². The van der Waals surface area contributed by atoms with E-state index in [-0.39, 0.29) is 0 Å². The lowest BCUT2D eigenvalue weighted by atomic mass is 9.95. The van der Waals surface area contributed by atoms with Crippen LogP contribution in [0.3, 0.4) is 0 Å². The minimum atomic E-state index is -0.476. The molecule has 0 unspecified atom stereocenters. The van der Waals surface area contributed by atoms with Crippen LogP contribution in [0, 0.1) is 0 Å². The zero-order valence-electron chi connectivity index (χ0n) is 16.0. The fourth-order valence-electron chi connectivity index (χ4n) is 2.86. The highest BCUT2D eigenvalue weighted by molar-refractivity contribution is 5.98. The van der Waals surface area contributed by atoms with Gasteiger partial charge in [-0.3, -0.25) is 0 Å². The molecule has 0 saturated carbocycles. The summed E-state index contributed by atoms with van der Waals surface area (Å²) in [5, 5.41) is 0.729. The smallest absolute Gasteiger partial charge is 0.336 e. The fraction of sp³-hybridized carbons (Fsp3) is 0.381. The highest BCUT2D eigenvalue weighted by Crippen LogP contribution is 2.45. The molecule has 1 aromatic carbocycles. The molecule has 3 rings (SSSR count).